The van der Waals surface area contributed by atoms with Gasteiger partial charge in [0.25, 0.3) is 0 Å². The van der Waals surface area contributed by atoms with Gasteiger partial charge in [-0.1, -0.05) is 58.7 Å². The summed E-state index contributed by atoms with van der Waals surface area (Å²) in [4.78, 5) is 131. The van der Waals surface area contributed by atoms with Crippen molar-refractivity contribution in [2.45, 2.75) is 160 Å². The van der Waals surface area contributed by atoms with Gasteiger partial charge in [-0.2, -0.15) is 0 Å². The first kappa shape index (κ1) is 67.8. The molecule has 30 nitrogen and oxygen atoms in total. The van der Waals surface area contributed by atoms with E-state index in [1.807, 2.05) is 24.3 Å². The van der Waals surface area contributed by atoms with Crippen LogP contribution in [0.5, 0.6) is 0 Å². The molecule has 0 unspecified atom stereocenters. The number of aromatic amines is 1. The quantitative estimate of drug-likeness (QED) is 0.0176. The van der Waals surface area contributed by atoms with Crippen LogP contribution in [-0.2, 0) is 44.8 Å². The van der Waals surface area contributed by atoms with Crippen LogP contribution in [0.1, 0.15) is 110 Å². The fourth-order valence-corrected chi connectivity index (χ4v) is 8.97. The Hall–Kier alpha value is -8.44. The van der Waals surface area contributed by atoms with Gasteiger partial charge in [0.1, 0.15) is 42.3 Å². The smallest absolute Gasteiger partial charge is 0.326 e. The lowest BCUT2D eigenvalue weighted by Crippen LogP contribution is -2.61. The number of nitrogens with zero attached hydrogens (tertiary/aromatic N) is 4. The van der Waals surface area contributed by atoms with Gasteiger partial charge < -0.3 is 98.5 Å². The van der Waals surface area contributed by atoms with Gasteiger partial charge in [0.05, 0.1) is 6.04 Å². The maximum Gasteiger partial charge on any atom is 0.326 e. The average Bonchev–Trinajstić information content (AvgIpc) is 4.22. The van der Waals surface area contributed by atoms with Crippen LogP contribution in [0.2, 0.25) is 0 Å². The zero-order chi connectivity index (χ0) is 60.9. The molecule has 1 aliphatic rings. The van der Waals surface area contributed by atoms with Gasteiger partial charge in [-0.05, 0) is 94.2 Å². The minimum Gasteiger partial charge on any atom is -0.480 e. The molecule has 0 bridgehead atoms. The third kappa shape index (κ3) is 23.7. The molecule has 0 saturated carbocycles. The summed E-state index contributed by atoms with van der Waals surface area (Å²) in [6.07, 6.45) is 4.42. The van der Waals surface area contributed by atoms with E-state index in [0.29, 0.717) is 25.8 Å². The number of hydrogen-bond acceptors (Lipinski definition) is 13. The molecule has 1 aromatic heterocycles. The number of rotatable bonds is 37. The van der Waals surface area contributed by atoms with Gasteiger partial charge in [0.2, 0.25) is 41.4 Å². The van der Waals surface area contributed by atoms with Gasteiger partial charge in [-0.25, -0.2) is 4.79 Å². The predicted octanol–water partition coefficient (Wildman–Crippen LogP) is -3.75. The number of aliphatic imine (C=N–C) groups is 4. The summed E-state index contributed by atoms with van der Waals surface area (Å²) >= 11 is 0. The van der Waals surface area contributed by atoms with E-state index in [4.69, 9.17) is 45.9 Å². The van der Waals surface area contributed by atoms with Crippen LogP contribution in [0.25, 0.3) is 10.9 Å². The largest absolute Gasteiger partial charge is 0.480 e. The van der Waals surface area contributed by atoms with Gasteiger partial charge in [0, 0.05) is 49.7 Å². The van der Waals surface area contributed by atoms with E-state index >= 15 is 0 Å². The molecule has 7 amide bonds. The van der Waals surface area contributed by atoms with E-state index < -0.39 is 102 Å². The molecule has 1 saturated heterocycles. The molecule has 82 heavy (non-hydrogen) atoms. The van der Waals surface area contributed by atoms with Crippen molar-refractivity contribution in [3.05, 3.63) is 36.0 Å². The maximum atomic E-state index is 14.6. The van der Waals surface area contributed by atoms with E-state index in [0.717, 1.165) is 22.9 Å². The molecule has 0 spiro atoms. The summed E-state index contributed by atoms with van der Waals surface area (Å²) in [5.41, 5.74) is 45.7. The molecule has 0 aliphatic carbocycles. The Kier molecular flexibility index (Phi) is 29.2. The van der Waals surface area contributed by atoms with E-state index in [9.17, 15) is 43.5 Å². The number of carbonyl (C=O) groups excluding carboxylic acids is 7. The van der Waals surface area contributed by atoms with Gasteiger partial charge in [-0.15, -0.1) is 0 Å². The van der Waals surface area contributed by atoms with Crippen molar-refractivity contribution in [1.29, 1.82) is 0 Å². The van der Waals surface area contributed by atoms with Crippen molar-refractivity contribution in [2.75, 3.05) is 32.7 Å². The first-order chi connectivity index (χ1) is 38.9. The first-order valence-corrected chi connectivity index (χ1v) is 27.8. The highest BCUT2D eigenvalue weighted by molar-refractivity contribution is 5.98. The Balaban J connectivity index is 1.96. The Morgan fingerprint density at radius 1 is 0.549 bits per heavy atom. The monoisotopic (exact) mass is 1150 g/mol. The molecular weight excluding hydrogens is 1060 g/mol. The Labute approximate surface area is 477 Å². The lowest BCUT2D eigenvalue weighted by molar-refractivity contribution is -0.142. The van der Waals surface area contributed by atoms with Crippen LogP contribution in [-0.4, -0.2) is 162 Å². The summed E-state index contributed by atoms with van der Waals surface area (Å²) in [7, 11) is 0. The Morgan fingerprint density at radius 2 is 0.939 bits per heavy atom. The standard InChI is InChI=1S/C52H89N21O9/c1-5-28(3)39(46(79)68-34(17-10-22-62-49(53)54)42(75)70-37(48(81)82)20-13-25-65-52(59)60)73-44(77)36(19-12-24-64-51(57)58)69-47(80)40(29(4)6-2)72-43(76)35(18-11-23-63-50(55)56)67-45(78)38(71-41(74)33-16-9-21-61-33)26-30-27-66-32-15-8-7-14-31(30)32/h7-8,14-15,27-29,33-40,61,66H,5-6,9-13,16-26H2,1-4H3,(H,67,78)(H,68,79)(H,69,80)(H,70,75)(H,71,74)(H,72,76)(H,73,77)(H,81,82)(H4,53,54,62)(H4,55,56,63)(H4,57,58,64)(H4,59,60,65)/t28-,29-,33-,34-,35-,36-,37-,38-,39-,40-/m0/s1. The van der Waals surface area contributed by atoms with E-state index in [2.05, 4.69) is 67.5 Å². The number of para-hydroxylation sites is 1. The number of nitrogens with one attached hydrogen (secondary N) is 9. The summed E-state index contributed by atoms with van der Waals surface area (Å²) < 4.78 is 0. The number of aliphatic carboxylic acids is 1. The highest BCUT2D eigenvalue weighted by Gasteiger charge is 2.37. The highest BCUT2D eigenvalue weighted by Crippen LogP contribution is 2.20. The average molecular weight is 1150 g/mol. The molecule has 1 fully saturated rings. The van der Waals surface area contributed by atoms with Crippen molar-refractivity contribution in [3.63, 3.8) is 0 Å². The Morgan fingerprint density at radius 3 is 1.34 bits per heavy atom. The van der Waals surface area contributed by atoms with Crippen molar-refractivity contribution in [1.82, 2.24) is 47.5 Å². The zero-order valence-corrected chi connectivity index (χ0v) is 47.5. The van der Waals surface area contributed by atoms with Crippen LogP contribution in [0.4, 0.5) is 0 Å². The van der Waals surface area contributed by atoms with E-state index in [1.165, 1.54) is 0 Å². The fourth-order valence-electron chi connectivity index (χ4n) is 8.97. The molecule has 2 heterocycles. The number of carbonyl (C=O) groups is 8. The maximum absolute atomic E-state index is 14.6. The predicted molar refractivity (Wildman–Crippen MR) is 313 cm³/mol. The number of carboxylic acids is 1. The second-order valence-corrected chi connectivity index (χ2v) is 20.4. The minimum absolute atomic E-state index is 0.00432. The summed E-state index contributed by atoms with van der Waals surface area (Å²) in [5, 5.41) is 33.1. The highest BCUT2D eigenvalue weighted by atomic mass is 16.4. The molecular formula is C52H89N21O9. The summed E-state index contributed by atoms with van der Waals surface area (Å²) in [6, 6.07) is -2.16. The number of H-pyrrole nitrogens is 1. The van der Waals surface area contributed by atoms with Gasteiger partial charge in [0.15, 0.2) is 23.8 Å². The molecule has 26 N–H and O–H groups in total. The van der Waals surface area contributed by atoms with Crippen LogP contribution >= 0.6 is 0 Å². The van der Waals surface area contributed by atoms with Crippen molar-refractivity contribution < 1.29 is 43.5 Å². The summed E-state index contributed by atoms with van der Waals surface area (Å²) in [6.45, 7) is 7.90. The number of fused-ring (bicyclic) bond motifs is 1. The molecule has 10 atom stereocenters. The lowest BCUT2D eigenvalue weighted by atomic mass is 9.95. The number of aromatic nitrogens is 1. The number of nitrogens with two attached hydrogens (primary N) is 8. The third-order valence-corrected chi connectivity index (χ3v) is 14.0. The first-order valence-electron chi connectivity index (χ1n) is 27.8. The van der Waals surface area contributed by atoms with E-state index in [-0.39, 0.29) is 114 Å². The van der Waals surface area contributed by atoms with Crippen LogP contribution < -0.4 is 88.4 Å². The number of guanidine groups is 4. The normalized spacial score (nSPS) is 16.1. The minimum atomic E-state index is -1.39. The van der Waals surface area contributed by atoms with Gasteiger partial charge in [-0.3, -0.25) is 53.5 Å². The van der Waals surface area contributed by atoms with Crippen molar-refractivity contribution in [3.8, 4) is 0 Å². The fraction of sp³-hybridized carbons (Fsp3) is 0.615. The molecule has 0 radical (unpaired) electrons. The second kappa shape index (κ2) is 35.3. The van der Waals surface area contributed by atoms with E-state index in [1.54, 1.807) is 33.9 Å². The third-order valence-electron chi connectivity index (χ3n) is 14.0. The molecule has 30 heteroatoms. The summed E-state index contributed by atoms with van der Waals surface area (Å²) in [5.74, 6) is -8.31. The number of carboxylic acid groups (broad SMARTS) is 1. The van der Waals surface area contributed by atoms with Crippen LogP contribution in [0, 0.1) is 11.8 Å². The van der Waals surface area contributed by atoms with Gasteiger partial charge >= 0.3 is 5.97 Å². The second-order valence-electron chi connectivity index (χ2n) is 20.4. The number of hydrogen-bond donors (Lipinski definition) is 18. The Bertz CT molecular complexity index is 2550. The number of benzene rings is 1. The SMILES string of the molecule is CC[C@H](C)[C@H](NC(=O)[C@H](CCCN=C(N)N)NC(=O)[C@@H](NC(=O)[C@H](CCCN=C(N)N)NC(=O)[C@H](Cc1c[nH]c2ccccc12)NC(=O)[C@@H]1CCCN1)[C@@H](C)CC)C(=O)N[C@@H](CCCN=C(N)N)C(=O)N[C@@H](CCCN=C(N)N)C(=O)O. The zero-order valence-electron chi connectivity index (χ0n) is 47.5. The molecule has 456 valence electrons. The topological polar surface area (TPSA) is 526 Å². The van der Waals surface area contributed by atoms with Crippen LogP contribution in [0.15, 0.2) is 50.4 Å². The molecule has 2 aromatic rings. The van der Waals surface area contributed by atoms with Crippen molar-refractivity contribution in [2.24, 2.45) is 77.7 Å². The molecule has 1 aliphatic heterocycles. The van der Waals surface area contributed by atoms with Crippen LogP contribution in [0.3, 0.4) is 0 Å². The molecule has 1 aromatic carbocycles. The lowest BCUT2D eigenvalue weighted by Gasteiger charge is -2.31. The van der Waals surface area contributed by atoms with Crippen molar-refractivity contribution >= 4 is 82.1 Å². The number of amides is 7. The molecule has 3 rings (SSSR count).